The normalized spacial score (nSPS) is 15.2. The molecule has 2 nitrogen and oxygen atoms in total. The second-order valence-electron chi connectivity index (χ2n) is 3.87. The molecular formula is C10H23NO. The van der Waals surface area contributed by atoms with Gasteiger partial charge in [0, 0.05) is 11.5 Å². The van der Waals surface area contributed by atoms with E-state index in [4.69, 9.17) is 0 Å². The monoisotopic (exact) mass is 173 g/mol. The maximum Gasteiger partial charge on any atom is 0.0502 e. The first-order valence-electron chi connectivity index (χ1n) is 4.81. The molecule has 0 aliphatic carbocycles. The SMILES string of the molecule is CCC(CC)(CO)[C@@H](C)N(C)C. The lowest BCUT2D eigenvalue weighted by Gasteiger charge is -2.39. The lowest BCUT2D eigenvalue weighted by atomic mass is 9.76. The number of hydrogen-bond donors (Lipinski definition) is 1. The second kappa shape index (κ2) is 4.83. The van der Waals surface area contributed by atoms with E-state index >= 15 is 0 Å². The third kappa shape index (κ3) is 2.20. The van der Waals surface area contributed by atoms with Crippen molar-refractivity contribution >= 4 is 0 Å². The highest BCUT2D eigenvalue weighted by Crippen LogP contribution is 2.31. The lowest BCUT2D eigenvalue weighted by molar-refractivity contribution is 0.0363. The van der Waals surface area contributed by atoms with Crippen LogP contribution in [0.5, 0.6) is 0 Å². The molecule has 0 bridgehead atoms. The molecule has 1 atom stereocenters. The Morgan fingerprint density at radius 1 is 1.25 bits per heavy atom. The number of nitrogens with zero attached hydrogens (tertiary/aromatic N) is 1. The average molecular weight is 173 g/mol. The molecule has 0 aromatic rings. The van der Waals surface area contributed by atoms with E-state index in [9.17, 15) is 5.11 Å². The number of hydrogen-bond acceptors (Lipinski definition) is 2. The molecule has 0 radical (unpaired) electrons. The van der Waals surface area contributed by atoms with E-state index in [-0.39, 0.29) is 5.41 Å². The minimum Gasteiger partial charge on any atom is -0.396 e. The molecule has 2 heteroatoms. The largest absolute Gasteiger partial charge is 0.396 e. The van der Waals surface area contributed by atoms with Crippen molar-refractivity contribution in [3.8, 4) is 0 Å². The summed E-state index contributed by atoms with van der Waals surface area (Å²) in [6.07, 6.45) is 2.08. The van der Waals surface area contributed by atoms with Crippen LogP contribution in [-0.2, 0) is 0 Å². The van der Waals surface area contributed by atoms with E-state index in [0.29, 0.717) is 12.6 Å². The van der Waals surface area contributed by atoms with Crippen LogP contribution in [0.15, 0.2) is 0 Å². The first-order valence-corrected chi connectivity index (χ1v) is 4.81. The highest BCUT2D eigenvalue weighted by Gasteiger charge is 2.33. The molecule has 0 rings (SSSR count). The number of aliphatic hydroxyl groups is 1. The van der Waals surface area contributed by atoms with Gasteiger partial charge in [0.05, 0.1) is 6.61 Å². The standard InChI is InChI=1S/C10H23NO/c1-6-10(7-2,8-12)9(3)11(4)5/h9,12H,6-8H2,1-5H3/t9-/m1/s1. The third-order valence-electron chi connectivity index (χ3n) is 3.38. The Labute approximate surface area is 76.6 Å². The van der Waals surface area contributed by atoms with Crippen molar-refractivity contribution in [2.75, 3.05) is 20.7 Å². The van der Waals surface area contributed by atoms with Crippen molar-refractivity contribution in [1.29, 1.82) is 0 Å². The van der Waals surface area contributed by atoms with Crippen LogP contribution < -0.4 is 0 Å². The smallest absolute Gasteiger partial charge is 0.0502 e. The Morgan fingerprint density at radius 3 is 1.75 bits per heavy atom. The van der Waals surface area contributed by atoms with Crippen LogP contribution in [0.2, 0.25) is 0 Å². The van der Waals surface area contributed by atoms with Gasteiger partial charge in [-0.15, -0.1) is 0 Å². The summed E-state index contributed by atoms with van der Waals surface area (Å²) in [4.78, 5) is 2.18. The van der Waals surface area contributed by atoms with Gasteiger partial charge in [-0.1, -0.05) is 13.8 Å². The molecule has 0 aliphatic rings. The third-order valence-corrected chi connectivity index (χ3v) is 3.38. The van der Waals surface area contributed by atoms with Crippen molar-refractivity contribution in [3.05, 3.63) is 0 Å². The quantitative estimate of drug-likeness (QED) is 0.684. The Balaban J connectivity index is 4.46. The molecule has 0 saturated heterocycles. The fraction of sp³-hybridized carbons (Fsp3) is 1.00. The number of rotatable bonds is 5. The van der Waals surface area contributed by atoms with E-state index in [1.54, 1.807) is 0 Å². The molecule has 0 aliphatic heterocycles. The van der Waals surface area contributed by atoms with Crippen LogP contribution >= 0.6 is 0 Å². The highest BCUT2D eigenvalue weighted by atomic mass is 16.3. The maximum absolute atomic E-state index is 9.37. The van der Waals surface area contributed by atoms with Crippen molar-refractivity contribution in [1.82, 2.24) is 4.90 Å². The molecule has 0 aromatic carbocycles. The summed E-state index contributed by atoms with van der Waals surface area (Å²) in [5.41, 5.74) is 0.0868. The van der Waals surface area contributed by atoms with Crippen LogP contribution in [0.4, 0.5) is 0 Å². The van der Waals surface area contributed by atoms with Crippen molar-refractivity contribution < 1.29 is 5.11 Å². The van der Waals surface area contributed by atoms with Gasteiger partial charge in [0.15, 0.2) is 0 Å². The minimum absolute atomic E-state index is 0.0868. The summed E-state index contributed by atoms with van der Waals surface area (Å²) in [5.74, 6) is 0. The Hall–Kier alpha value is -0.0800. The van der Waals surface area contributed by atoms with Gasteiger partial charge in [-0.2, -0.15) is 0 Å². The van der Waals surface area contributed by atoms with E-state index < -0.39 is 0 Å². The van der Waals surface area contributed by atoms with Gasteiger partial charge >= 0.3 is 0 Å². The number of aliphatic hydroxyl groups excluding tert-OH is 1. The molecule has 74 valence electrons. The zero-order valence-corrected chi connectivity index (χ0v) is 9.09. The highest BCUT2D eigenvalue weighted by molar-refractivity contribution is 4.85. The molecule has 0 amide bonds. The molecule has 0 saturated carbocycles. The van der Waals surface area contributed by atoms with E-state index in [0.717, 1.165) is 12.8 Å². The molecule has 0 fully saturated rings. The summed E-state index contributed by atoms with van der Waals surface area (Å²) in [5, 5.41) is 9.37. The molecule has 12 heavy (non-hydrogen) atoms. The van der Waals surface area contributed by atoms with Gasteiger partial charge in [0.1, 0.15) is 0 Å². The van der Waals surface area contributed by atoms with Crippen LogP contribution in [-0.4, -0.2) is 36.8 Å². The molecule has 0 unspecified atom stereocenters. The molecule has 0 heterocycles. The fourth-order valence-electron chi connectivity index (χ4n) is 1.74. The Morgan fingerprint density at radius 2 is 1.67 bits per heavy atom. The van der Waals surface area contributed by atoms with Gasteiger partial charge in [0.25, 0.3) is 0 Å². The average Bonchev–Trinajstić information content (AvgIpc) is 2.08. The predicted octanol–water partition coefficient (Wildman–Crippen LogP) is 1.74. The molecule has 0 aromatic heterocycles. The van der Waals surface area contributed by atoms with Gasteiger partial charge in [0.2, 0.25) is 0 Å². The zero-order valence-electron chi connectivity index (χ0n) is 9.09. The molecular weight excluding hydrogens is 150 g/mol. The van der Waals surface area contributed by atoms with Crippen LogP contribution in [0.25, 0.3) is 0 Å². The van der Waals surface area contributed by atoms with Crippen LogP contribution in [0, 0.1) is 5.41 Å². The van der Waals surface area contributed by atoms with Gasteiger partial charge in [-0.25, -0.2) is 0 Å². The Bertz CT molecular complexity index is 111. The molecule has 0 spiro atoms. The zero-order chi connectivity index (χ0) is 9.78. The Kier molecular flexibility index (Phi) is 4.80. The summed E-state index contributed by atoms with van der Waals surface area (Å²) < 4.78 is 0. The van der Waals surface area contributed by atoms with Gasteiger partial charge in [-0.3, -0.25) is 0 Å². The first-order chi connectivity index (χ1) is 5.54. The van der Waals surface area contributed by atoms with Gasteiger partial charge < -0.3 is 10.0 Å². The van der Waals surface area contributed by atoms with E-state index in [2.05, 4.69) is 39.8 Å². The predicted molar refractivity (Wildman–Crippen MR) is 53.2 cm³/mol. The summed E-state index contributed by atoms with van der Waals surface area (Å²) in [7, 11) is 4.14. The minimum atomic E-state index is 0.0868. The van der Waals surface area contributed by atoms with Crippen molar-refractivity contribution in [3.63, 3.8) is 0 Å². The van der Waals surface area contributed by atoms with Crippen molar-refractivity contribution in [2.24, 2.45) is 5.41 Å². The summed E-state index contributed by atoms with van der Waals surface area (Å²) in [6, 6.07) is 0.442. The van der Waals surface area contributed by atoms with Gasteiger partial charge in [-0.05, 0) is 33.9 Å². The maximum atomic E-state index is 9.37. The first kappa shape index (κ1) is 11.9. The summed E-state index contributed by atoms with van der Waals surface area (Å²) >= 11 is 0. The molecule has 1 N–H and O–H groups in total. The topological polar surface area (TPSA) is 23.5 Å². The van der Waals surface area contributed by atoms with Crippen LogP contribution in [0.3, 0.4) is 0 Å². The van der Waals surface area contributed by atoms with Crippen molar-refractivity contribution in [2.45, 2.75) is 39.7 Å². The lowest BCUT2D eigenvalue weighted by Crippen LogP contribution is -2.44. The van der Waals surface area contributed by atoms with E-state index in [1.807, 2.05) is 0 Å². The fourth-order valence-corrected chi connectivity index (χ4v) is 1.74. The summed E-state index contributed by atoms with van der Waals surface area (Å²) in [6.45, 7) is 6.78. The van der Waals surface area contributed by atoms with Crippen LogP contribution in [0.1, 0.15) is 33.6 Å². The second-order valence-corrected chi connectivity index (χ2v) is 3.87. The van der Waals surface area contributed by atoms with E-state index in [1.165, 1.54) is 0 Å².